The van der Waals surface area contributed by atoms with Gasteiger partial charge in [-0.25, -0.2) is 0 Å². The molecule has 2 rings (SSSR count). The van der Waals surface area contributed by atoms with Gasteiger partial charge in [0.15, 0.2) is 0 Å². The first-order valence-electron chi connectivity index (χ1n) is 6.75. The fourth-order valence-electron chi connectivity index (χ4n) is 2.15. The van der Waals surface area contributed by atoms with Gasteiger partial charge in [0.1, 0.15) is 0 Å². The van der Waals surface area contributed by atoms with Crippen LogP contribution in [0.2, 0.25) is 5.02 Å². The summed E-state index contributed by atoms with van der Waals surface area (Å²) in [6.07, 6.45) is -2.23. The molecule has 1 aromatic carbocycles. The van der Waals surface area contributed by atoms with Gasteiger partial charge in [0.25, 0.3) is 0 Å². The molecule has 2 N–H and O–H groups in total. The summed E-state index contributed by atoms with van der Waals surface area (Å²) in [6, 6.07) is 5.06. The topological polar surface area (TPSA) is 49.3 Å². The minimum absolute atomic E-state index is 0.0475. The number of carbonyl (C=O) groups is 1. The van der Waals surface area contributed by atoms with Crippen molar-refractivity contribution in [1.29, 1.82) is 0 Å². The summed E-state index contributed by atoms with van der Waals surface area (Å²) in [7, 11) is 0. The zero-order valence-corrected chi connectivity index (χ0v) is 12.3. The third-order valence-electron chi connectivity index (χ3n) is 3.61. The van der Waals surface area contributed by atoms with Crippen molar-refractivity contribution in [3.8, 4) is 0 Å². The first-order valence-corrected chi connectivity index (χ1v) is 7.12. The van der Waals surface area contributed by atoms with Crippen molar-refractivity contribution in [3.05, 3.63) is 40.9 Å². The maximum Gasteiger partial charge on any atom is 0.417 e. The quantitative estimate of drug-likeness (QED) is 0.830. The molecule has 22 heavy (non-hydrogen) atoms. The second-order valence-corrected chi connectivity index (χ2v) is 5.79. The average molecular weight is 334 g/mol. The number of hydrogen-bond acceptors (Lipinski definition) is 2. The number of amides is 1. The molecule has 0 radical (unpaired) electrons. The van der Waals surface area contributed by atoms with Crippen LogP contribution in [0.1, 0.15) is 24.8 Å². The highest BCUT2D eigenvalue weighted by Gasteiger charge is 2.36. The van der Waals surface area contributed by atoms with Gasteiger partial charge < -0.3 is 10.4 Å². The molecule has 1 aliphatic rings. The van der Waals surface area contributed by atoms with E-state index in [-0.39, 0.29) is 12.1 Å². The van der Waals surface area contributed by atoms with E-state index in [0.717, 1.165) is 6.42 Å². The third kappa shape index (κ3) is 4.24. The molecule has 0 aliphatic heterocycles. The SMILES string of the molecule is O=C(/C=C(/c1ccc(Cl)cc1)C(F)(F)F)NCC1(O)CCC1. The molecule has 0 spiro atoms. The zero-order chi connectivity index (χ0) is 16.4. The Balaban J connectivity index is 2.14. The van der Waals surface area contributed by atoms with Gasteiger partial charge >= 0.3 is 6.18 Å². The number of benzene rings is 1. The van der Waals surface area contributed by atoms with E-state index in [0.29, 0.717) is 23.9 Å². The molecule has 0 saturated heterocycles. The van der Waals surface area contributed by atoms with Crippen LogP contribution in [-0.2, 0) is 4.79 Å². The van der Waals surface area contributed by atoms with Gasteiger partial charge in [-0.3, -0.25) is 4.79 Å². The number of halogens is 4. The number of rotatable bonds is 4. The maximum atomic E-state index is 13.1. The lowest BCUT2D eigenvalue weighted by molar-refractivity contribution is -0.119. The van der Waals surface area contributed by atoms with Crippen LogP contribution in [0.15, 0.2) is 30.3 Å². The van der Waals surface area contributed by atoms with Crippen molar-refractivity contribution in [3.63, 3.8) is 0 Å². The number of aliphatic hydroxyl groups is 1. The smallest absolute Gasteiger partial charge is 0.388 e. The van der Waals surface area contributed by atoms with Gasteiger partial charge in [0.05, 0.1) is 11.2 Å². The summed E-state index contributed by atoms with van der Waals surface area (Å²) in [5.74, 6) is -0.886. The first kappa shape index (κ1) is 16.8. The number of hydrogen-bond donors (Lipinski definition) is 2. The average Bonchev–Trinajstić information content (AvgIpc) is 2.40. The van der Waals surface area contributed by atoms with Crippen molar-refractivity contribution in [2.24, 2.45) is 0 Å². The van der Waals surface area contributed by atoms with E-state index < -0.39 is 23.3 Å². The van der Waals surface area contributed by atoms with E-state index in [2.05, 4.69) is 5.32 Å². The first-order chi connectivity index (χ1) is 10.2. The number of nitrogens with one attached hydrogen (secondary N) is 1. The minimum atomic E-state index is -4.67. The van der Waals surface area contributed by atoms with Crippen molar-refractivity contribution >= 4 is 23.1 Å². The molecule has 1 amide bonds. The molecule has 1 saturated carbocycles. The highest BCUT2D eigenvalue weighted by Crippen LogP contribution is 2.34. The van der Waals surface area contributed by atoms with Gasteiger partial charge in [-0.05, 0) is 37.0 Å². The molecule has 7 heteroatoms. The fraction of sp³-hybridized carbons (Fsp3) is 0.400. The molecule has 120 valence electrons. The summed E-state index contributed by atoms with van der Waals surface area (Å²) in [6.45, 7) is -0.0475. The van der Waals surface area contributed by atoms with Gasteiger partial charge in [-0.1, -0.05) is 23.7 Å². The lowest BCUT2D eigenvalue weighted by Gasteiger charge is -2.36. The van der Waals surface area contributed by atoms with Crippen LogP contribution in [0.3, 0.4) is 0 Å². The summed E-state index contributed by atoms with van der Waals surface area (Å²) in [5.41, 5.74) is -2.18. The Morgan fingerprint density at radius 2 is 1.91 bits per heavy atom. The molecule has 3 nitrogen and oxygen atoms in total. The largest absolute Gasteiger partial charge is 0.417 e. The fourth-order valence-corrected chi connectivity index (χ4v) is 2.28. The van der Waals surface area contributed by atoms with E-state index >= 15 is 0 Å². The van der Waals surface area contributed by atoms with Crippen LogP contribution in [0.5, 0.6) is 0 Å². The molecule has 1 fully saturated rings. The summed E-state index contributed by atoms with van der Waals surface area (Å²) >= 11 is 5.65. The maximum absolute atomic E-state index is 13.1. The molecule has 1 aromatic rings. The Kier molecular flexibility index (Phi) is 4.82. The van der Waals surface area contributed by atoms with Crippen molar-refractivity contribution < 1.29 is 23.1 Å². The summed E-state index contributed by atoms with van der Waals surface area (Å²) in [5, 5.41) is 12.5. The lowest BCUT2D eigenvalue weighted by Crippen LogP contribution is -2.47. The second-order valence-electron chi connectivity index (χ2n) is 5.36. The van der Waals surface area contributed by atoms with Crippen LogP contribution in [0, 0.1) is 0 Å². The van der Waals surface area contributed by atoms with Crippen LogP contribution >= 0.6 is 11.6 Å². The molecular formula is C15H15ClF3NO2. The Morgan fingerprint density at radius 3 is 2.36 bits per heavy atom. The molecule has 0 unspecified atom stereocenters. The molecular weight excluding hydrogens is 319 g/mol. The monoisotopic (exact) mass is 333 g/mol. The van der Waals surface area contributed by atoms with Gasteiger partial charge in [0, 0.05) is 17.6 Å². The Morgan fingerprint density at radius 1 is 1.32 bits per heavy atom. The molecule has 0 atom stereocenters. The predicted octanol–water partition coefficient (Wildman–Crippen LogP) is 3.32. The number of allylic oxidation sites excluding steroid dienone is 1. The Labute approximate surface area is 130 Å². The highest BCUT2D eigenvalue weighted by atomic mass is 35.5. The van der Waals surface area contributed by atoms with E-state index in [1.165, 1.54) is 24.3 Å². The van der Waals surface area contributed by atoms with Crippen molar-refractivity contribution in [2.45, 2.75) is 31.0 Å². The number of alkyl halides is 3. The van der Waals surface area contributed by atoms with Gasteiger partial charge in [0.2, 0.25) is 5.91 Å². The number of carbonyl (C=O) groups excluding carboxylic acids is 1. The van der Waals surface area contributed by atoms with Crippen LogP contribution < -0.4 is 5.32 Å². The van der Waals surface area contributed by atoms with E-state index in [1.54, 1.807) is 0 Å². The molecule has 1 aliphatic carbocycles. The Bertz CT molecular complexity index is 577. The third-order valence-corrected chi connectivity index (χ3v) is 3.86. The highest BCUT2D eigenvalue weighted by molar-refractivity contribution is 6.30. The molecule has 0 aromatic heterocycles. The Hall–Kier alpha value is -1.53. The second kappa shape index (κ2) is 6.30. The predicted molar refractivity (Wildman–Crippen MR) is 77.3 cm³/mol. The zero-order valence-electron chi connectivity index (χ0n) is 11.6. The van der Waals surface area contributed by atoms with Crippen LogP contribution in [0.25, 0.3) is 5.57 Å². The van der Waals surface area contributed by atoms with Gasteiger partial charge in [-0.15, -0.1) is 0 Å². The molecule has 0 heterocycles. The lowest BCUT2D eigenvalue weighted by atomic mass is 9.80. The van der Waals surface area contributed by atoms with E-state index in [1.807, 2.05) is 0 Å². The van der Waals surface area contributed by atoms with Crippen molar-refractivity contribution in [2.75, 3.05) is 6.54 Å². The standard InChI is InChI=1S/C15H15ClF3NO2/c16-11-4-2-10(3-5-11)12(15(17,18)19)8-13(21)20-9-14(22)6-1-7-14/h2-5,8,22H,1,6-7,9H2,(H,20,21)/b12-8-. The van der Waals surface area contributed by atoms with Gasteiger partial charge in [-0.2, -0.15) is 13.2 Å². The van der Waals surface area contributed by atoms with Crippen LogP contribution in [0.4, 0.5) is 13.2 Å². The minimum Gasteiger partial charge on any atom is -0.388 e. The van der Waals surface area contributed by atoms with Crippen molar-refractivity contribution in [1.82, 2.24) is 5.32 Å². The van der Waals surface area contributed by atoms with E-state index in [4.69, 9.17) is 11.6 Å². The summed E-state index contributed by atoms with van der Waals surface area (Å²) in [4.78, 5) is 11.7. The normalized spacial score (nSPS) is 17.8. The molecule has 0 bridgehead atoms. The summed E-state index contributed by atoms with van der Waals surface area (Å²) < 4.78 is 39.3. The van der Waals surface area contributed by atoms with Crippen LogP contribution in [-0.4, -0.2) is 29.3 Å². The van der Waals surface area contributed by atoms with E-state index in [9.17, 15) is 23.1 Å².